The second kappa shape index (κ2) is 8.76. The summed E-state index contributed by atoms with van der Waals surface area (Å²) in [6, 6.07) is 16.6. The van der Waals surface area contributed by atoms with E-state index in [0.29, 0.717) is 22.9 Å². The van der Waals surface area contributed by atoms with Crippen molar-refractivity contribution in [3.05, 3.63) is 99.6 Å². The number of sulfone groups is 1. The predicted molar refractivity (Wildman–Crippen MR) is 122 cm³/mol. The van der Waals surface area contributed by atoms with Gasteiger partial charge in [0.05, 0.1) is 22.4 Å². The van der Waals surface area contributed by atoms with Gasteiger partial charge in [-0.1, -0.05) is 23.7 Å². The fourth-order valence-electron chi connectivity index (χ4n) is 3.50. The number of pyridine rings is 1. The summed E-state index contributed by atoms with van der Waals surface area (Å²) in [6.07, 6.45) is 1.32. The highest BCUT2D eigenvalue weighted by Gasteiger charge is 2.24. The molecule has 0 amide bonds. The lowest BCUT2D eigenvalue weighted by molar-refractivity contribution is 0.340. The van der Waals surface area contributed by atoms with Gasteiger partial charge in [0.25, 0.3) is 0 Å². The molecule has 0 aliphatic carbocycles. The molecule has 0 aliphatic rings. The minimum atomic E-state index is -4.19. The molecule has 1 heterocycles. The Hall–Kier alpha value is -3.16. The van der Waals surface area contributed by atoms with Gasteiger partial charge in [0.2, 0.25) is 15.3 Å². The maximum atomic E-state index is 13.3. The van der Waals surface area contributed by atoms with Crippen molar-refractivity contribution in [3.8, 4) is 5.75 Å². The van der Waals surface area contributed by atoms with Crippen LogP contribution in [-0.2, 0) is 16.4 Å². The van der Waals surface area contributed by atoms with E-state index < -0.39 is 26.0 Å². The number of benzene rings is 3. The van der Waals surface area contributed by atoms with Crippen molar-refractivity contribution >= 4 is 32.3 Å². The van der Waals surface area contributed by atoms with Gasteiger partial charge in [-0.2, -0.15) is 0 Å². The monoisotopic (exact) mass is 471 g/mol. The number of hydrogen-bond donors (Lipinski definition) is 0. The van der Waals surface area contributed by atoms with Crippen LogP contribution in [0, 0.1) is 5.82 Å². The summed E-state index contributed by atoms with van der Waals surface area (Å²) in [6.45, 7) is 2.50. The maximum Gasteiger partial charge on any atom is 0.211 e. The van der Waals surface area contributed by atoms with E-state index in [4.69, 9.17) is 16.3 Å². The topological polar surface area (TPSA) is 65.4 Å². The molecule has 0 aliphatic heterocycles. The molecule has 0 N–H and O–H groups in total. The van der Waals surface area contributed by atoms with E-state index in [0.717, 1.165) is 29.8 Å². The summed E-state index contributed by atoms with van der Waals surface area (Å²) in [5.41, 5.74) is 0.742. The third-order valence-corrected chi connectivity index (χ3v) is 6.98. The minimum Gasteiger partial charge on any atom is -0.494 e. The normalized spacial score (nSPS) is 11.6. The molecular formula is C24H19ClFNO4S. The summed E-state index contributed by atoms with van der Waals surface area (Å²) in [5.74, 6) is -0.107. The fourth-order valence-corrected chi connectivity index (χ4v) is 5.08. The zero-order chi connectivity index (χ0) is 22.9. The average Bonchev–Trinajstić information content (AvgIpc) is 2.76. The van der Waals surface area contributed by atoms with Crippen molar-refractivity contribution < 1.29 is 17.5 Å². The van der Waals surface area contributed by atoms with Gasteiger partial charge in [-0.05, 0) is 67.1 Å². The standard InChI is InChI=1S/C24H19ClFNO4S/c1-2-31-19-8-11-22-21(13-19)24(28)23(32(29,30)20-9-6-18(26)7-10-20)15-27(22)14-16-4-3-5-17(25)12-16/h3-13,15H,2,14H2,1H3. The van der Waals surface area contributed by atoms with Crippen LogP contribution >= 0.6 is 11.6 Å². The number of aromatic nitrogens is 1. The Morgan fingerprint density at radius 2 is 1.78 bits per heavy atom. The molecule has 4 rings (SSSR count). The maximum absolute atomic E-state index is 13.3. The molecule has 0 saturated heterocycles. The molecule has 4 aromatic rings. The Bertz CT molecular complexity index is 1460. The van der Waals surface area contributed by atoms with Crippen LogP contribution in [0.3, 0.4) is 0 Å². The molecule has 0 atom stereocenters. The number of rotatable bonds is 6. The van der Waals surface area contributed by atoms with Gasteiger partial charge in [-0.15, -0.1) is 0 Å². The number of nitrogens with zero attached hydrogens (tertiary/aromatic N) is 1. The highest BCUT2D eigenvalue weighted by Crippen LogP contribution is 2.25. The lowest BCUT2D eigenvalue weighted by Gasteiger charge is -2.15. The highest BCUT2D eigenvalue weighted by atomic mass is 35.5. The molecule has 0 radical (unpaired) electrons. The minimum absolute atomic E-state index is 0.161. The molecular weight excluding hydrogens is 453 g/mol. The Labute approximate surface area is 189 Å². The van der Waals surface area contributed by atoms with Crippen molar-refractivity contribution in [2.75, 3.05) is 6.61 Å². The van der Waals surface area contributed by atoms with Gasteiger partial charge in [-0.25, -0.2) is 12.8 Å². The van der Waals surface area contributed by atoms with Crippen LogP contribution < -0.4 is 10.2 Å². The Balaban J connectivity index is 1.97. The number of halogens is 2. The second-order valence-corrected chi connectivity index (χ2v) is 9.50. The van der Waals surface area contributed by atoms with E-state index in [-0.39, 0.29) is 16.8 Å². The lowest BCUT2D eigenvalue weighted by Crippen LogP contribution is -2.20. The van der Waals surface area contributed by atoms with E-state index in [1.165, 1.54) is 6.20 Å². The smallest absolute Gasteiger partial charge is 0.211 e. The van der Waals surface area contributed by atoms with Crippen molar-refractivity contribution in [3.63, 3.8) is 0 Å². The van der Waals surface area contributed by atoms with Crippen LogP contribution in [0.15, 0.2) is 87.5 Å². The largest absolute Gasteiger partial charge is 0.494 e. The second-order valence-electron chi connectivity index (χ2n) is 7.15. The molecule has 0 unspecified atom stereocenters. The molecule has 0 spiro atoms. The molecule has 3 aromatic carbocycles. The summed E-state index contributed by atoms with van der Waals surface area (Å²) in [4.78, 5) is 12.7. The molecule has 5 nitrogen and oxygen atoms in total. The SMILES string of the molecule is CCOc1ccc2c(c1)c(=O)c(S(=O)(=O)c1ccc(F)cc1)cn2Cc1cccc(Cl)c1. The fraction of sp³-hybridized carbons (Fsp3) is 0.125. The zero-order valence-electron chi connectivity index (χ0n) is 17.1. The molecule has 0 fully saturated rings. The van der Waals surface area contributed by atoms with E-state index in [1.807, 2.05) is 13.0 Å². The first kappa shape index (κ1) is 22.0. The zero-order valence-corrected chi connectivity index (χ0v) is 18.7. The Kier molecular flexibility index (Phi) is 6.04. The van der Waals surface area contributed by atoms with Crippen molar-refractivity contribution in [2.45, 2.75) is 23.3 Å². The van der Waals surface area contributed by atoms with Crippen molar-refractivity contribution in [1.82, 2.24) is 4.57 Å². The van der Waals surface area contributed by atoms with E-state index in [9.17, 15) is 17.6 Å². The first-order valence-electron chi connectivity index (χ1n) is 9.84. The van der Waals surface area contributed by atoms with Crippen LogP contribution in [0.2, 0.25) is 5.02 Å². The molecule has 0 bridgehead atoms. The lowest BCUT2D eigenvalue weighted by atomic mass is 10.1. The third-order valence-electron chi connectivity index (χ3n) is 4.99. The Morgan fingerprint density at radius 1 is 1.03 bits per heavy atom. The highest BCUT2D eigenvalue weighted by molar-refractivity contribution is 7.91. The average molecular weight is 472 g/mol. The first-order valence-corrected chi connectivity index (χ1v) is 11.7. The van der Waals surface area contributed by atoms with Crippen molar-refractivity contribution in [2.24, 2.45) is 0 Å². The molecule has 0 saturated carbocycles. The van der Waals surface area contributed by atoms with Crippen molar-refractivity contribution in [1.29, 1.82) is 0 Å². The van der Waals surface area contributed by atoms with Crippen LogP contribution in [0.25, 0.3) is 10.9 Å². The number of ether oxygens (including phenoxy) is 1. The van der Waals surface area contributed by atoms with Gasteiger partial charge < -0.3 is 9.30 Å². The van der Waals surface area contributed by atoms with Gasteiger partial charge in [-0.3, -0.25) is 4.79 Å². The Morgan fingerprint density at radius 3 is 2.47 bits per heavy atom. The summed E-state index contributed by atoms with van der Waals surface area (Å²) in [7, 11) is -4.19. The quantitative estimate of drug-likeness (QED) is 0.368. The molecule has 1 aromatic heterocycles. The van der Waals surface area contributed by atoms with Gasteiger partial charge in [0.1, 0.15) is 16.5 Å². The molecule has 32 heavy (non-hydrogen) atoms. The third kappa shape index (κ3) is 4.26. The molecule has 8 heteroatoms. The van der Waals surface area contributed by atoms with Gasteiger partial charge in [0.15, 0.2) is 0 Å². The summed E-state index contributed by atoms with van der Waals surface area (Å²) >= 11 is 6.10. The first-order chi connectivity index (χ1) is 15.3. The van der Waals surface area contributed by atoms with Crippen LogP contribution in [0.1, 0.15) is 12.5 Å². The predicted octanol–water partition coefficient (Wildman–Crippen LogP) is 5.07. The van der Waals surface area contributed by atoms with Crippen LogP contribution in [0.5, 0.6) is 5.75 Å². The van der Waals surface area contributed by atoms with E-state index in [1.54, 1.807) is 41.0 Å². The van der Waals surface area contributed by atoms with Crippen LogP contribution in [-0.4, -0.2) is 19.6 Å². The van der Waals surface area contributed by atoms with E-state index >= 15 is 0 Å². The van der Waals surface area contributed by atoms with Gasteiger partial charge in [0, 0.05) is 17.8 Å². The van der Waals surface area contributed by atoms with Crippen LogP contribution in [0.4, 0.5) is 4.39 Å². The molecule has 164 valence electrons. The summed E-state index contributed by atoms with van der Waals surface area (Å²) < 4.78 is 47.1. The van der Waals surface area contributed by atoms with E-state index in [2.05, 4.69) is 0 Å². The summed E-state index contributed by atoms with van der Waals surface area (Å²) in [5, 5.41) is 0.756. The van der Waals surface area contributed by atoms with Gasteiger partial charge >= 0.3 is 0 Å². The number of fused-ring (bicyclic) bond motifs is 1. The number of hydrogen-bond acceptors (Lipinski definition) is 4.